The van der Waals surface area contributed by atoms with E-state index in [9.17, 15) is 18.4 Å². The van der Waals surface area contributed by atoms with Crippen molar-refractivity contribution >= 4 is 17.6 Å². The molecule has 18 heavy (non-hydrogen) atoms. The zero-order valence-corrected chi connectivity index (χ0v) is 9.84. The van der Waals surface area contributed by atoms with Gasteiger partial charge in [0.2, 0.25) is 5.91 Å². The van der Waals surface area contributed by atoms with E-state index in [2.05, 4.69) is 15.4 Å². The first-order chi connectivity index (χ1) is 8.49. The van der Waals surface area contributed by atoms with E-state index in [1.807, 2.05) is 0 Å². The Hall–Kier alpha value is -2.02. The van der Waals surface area contributed by atoms with Crippen molar-refractivity contribution in [1.29, 1.82) is 0 Å². The van der Waals surface area contributed by atoms with Crippen LogP contribution in [0.15, 0.2) is 12.1 Å². The van der Waals surface area contributed by atoms with Crippen LogP contribution in [0.4, 0.5) is 14.5 Å². The molecule has 1 aromatic carbocycles. The number of anilines is 1. The van der Waals surface area contributed by atoms with Gasteiger partial charge in [-0.25, -0.2) is 13.6 Å². The van der Waals surface area contributed by atoms with E-state index < -0.39 is 29.1 Å². The minimum absolute atomic E-state index is 0.0373. The van der Waals surface area contributed by atoms with Crippen LogP contribution < -0.4 is 10.6 Å². The number of carbonyl (C=O) groups is 2. The van der Waals surface area contributed by atoms with Crippen molar-refractivity contribution in [2.24, 2.45) is 0 Å². The summed E-state index contributed by atoms with van der Waals surface area (Å²) in [5, 5.41) is 4.77. The van der Waals surface area contributed by atoms with Gasteiger partial charge in [0.05, 0.1) is 24.9 Å². The third-order valence-electron chi connectivity index (χ3n) is 2.07. The lowest BCUT2D eigenvalue weighted by Crippen LogP contribution is -2.25. The highest BCUT2D eigenvalue weighted by Gasteiger charge is 2.17. The van der Waals surface area contributed by atoms with Gasteiger partial charge in [-0.3, -0.25) is 4.79 Å². The molecular weight excluding hydrogens is 246 g/mol. The number of carbonyl (C=O) groups excluding carboxylic acids is 2. The molecule has 1 rings (SSSR count). The van der Waals surface area contributed by atoms with E-state index >= 15 is 0 Å². The molecule has 0 spiro atoms. The highest BCUT2D eigenvalue weighted by Crippen LogP contribution is 2.20. The maximum Gasteiger partial charge on any atom is 0.340 e. The lowest BCUT2D eigenvalue weighted by atomic mass is 10.1. The number of halogens is 2. The monoisotopic (exact) mass is 258 g/mol. The topological polar surface area (TPSA) is 67.4 Å². The molecule has 0 heterocycles. The van der Waals surface area contributed by atoms with E-state index in [4.69, 9.17) is 0 Å². The SMILES string of the molecule is CNCC(=O)Nc1cc(C(=O)OC)c(F)cc1F. The summed E-state index contributed by atoms with van der Waals surface area (Å²) in [4.78, 5) is 22.4. The molecule has 0 aliphatic heterocycles. The summed E-state index contributed by atoms with van der Waals surface area (Å²) in [6.45, 7) is -0.0373. The van der Waals surface area contributed by atoms with Crippen LogP contribution in [0.3, 0.4) is 0 Å². The van der Waals surface area contributed by atoms with Crippen molar-refractivity contribution in [3.05, 3.63) is 29.3 Å². The number of hydrogen-bond acceptors (Lipinski definition) is 4. The van der Waals surface area contributed by atoms with Crippen LogP contribution in [0, 0.1) is 11.6 Å². The Morgan fingerprint density at radius 3 is 2.50 bits per heavy atom. The fourth-order valence-electron chi connectivity index (χ4n) is 1.27. The van der Waals surface area contributed by atoms with Gasteiger partial charge in [-0.2, -0.15) is 0 Å². The first-order valence-corrected chi connectivity index (χ1v) is 5.01. The van der Waals surface area contributed by atoms with E-state index in [0.29, 0.717) is 6.07 Å². The third kappa shape index (κ3) is 3.24. The number of nitrogens with one attached hydrogen (secondary N) is 2. The molecule has 0 saturated heterocycles. The zero-order valence-electron chi connectivity index (χ0n) is 9.84. The van der Waals surface area contributed by atoms with Crippen LogP contribution in [0.25, 0.3) is 0 Å². The lowest BCUT2D eigenvalue weighted by Gasteiger charge is -2.08. The first-order valence-electron chi connectivity index (χ1n) is 5.01. The fourth-order valence-corrected chi connectivity index (χ4v) is 1.27. The van der Waals surface area contributed by atoms with Crippen molar-refractivity contribution < 1.29 is 23.1 Å². The second kappa shape index (κ2) is 6.06. The summed E-state index contributed by atoms with van der Waals surface area (Å²) in [6, 6.07) is 1.41. The molecule has 0 unspecified atom stereocenters. The average molecular weight is 258 g/mol. The van der Waals surface area contributed by atoms with Gasteiger partial charge in [0.1, 0.15) is 11.6 Å². The molecule has 0 saturated carbocycles. The van der Waals surface area contributed by atoms with Crippen LogP contribution in [0.1, 0.15) is 10.4 Å². The number of rotatable bonds is 4. The van der Waals surface area contributed by atoms with Crippen molar-refractivity contribution in [3.8, 4) is 0 Å². The Morgan fingerprint density at radius 1 is 1.28 bits per heavy atom. The smallest absolute Gasteiger partial charge is 0.340 e. The molecule has 0 aliphatic rings. The normalized spacial score (nSPS) is 10.0. The summed E-state index contributed by atoms with van der Waals surface area (Å²) in [5.41, 5.74) is -0.726. The molecule has 98 valence electrons. The van der Waals surface area contributed by atoms with E-state index in [1.54, 1.807) is 7.05 Å². The highest BCUT2D eigenvalue weighted by molar-refractivity contribution is 5.95. The Balaban J connectivity index is 3.05. The summed E-state index contributed by atoms with van der Waals surface area (Å²) < 4.78 is 31.0. The molecule has 7 heteroatoms. The van der Waals surface area contributed by atoms with Crippen LogP contribution in [-0.2, 0) is 9.53 Å². The molecule has 2 N–H and O–H groups in total. The molecule has 0 fully saturated rings. The van der Waals surface area contributed by atoms with E-state index in [1.165, 1.54) is 0 Å². The number of hydrogen-bond donors (Lipinski definition) is 2. The largest absolute Gasteiger partial charge is 0.465 e. The molecule has 0 bridgehead atoms. The van der Waals surface area contributed by atoms with E-state index in [-0.39, 0.29) is 12.2 Å². The van der Waals surface area contributed by atoms with Crippen molar-refractivity contribution in [2.75, 3.05) is 26.0 Å². The molecule has 1 aromatic rings. The van der Waals surface area contributed by atoms with Gasteiger partial charge in [-0.15, -0.1) is 0 Å². The number of benzene rings is 1. The first kappa shape index (κ1) is 14.0. The standard InChI is InChI=1S/C11H12F2N2O3/c1-14-5-10(16)15-9-3-6(11(17)18-2)7(12)4-8(9)13/h3-4,14H,5H2,1-2H3,(H,15,16). The molecule has 0 radical (unpaired) electrons. The predicted molar refractivity (Wildman–Crippen MR) is 60.3 cm³/mol. The van der Waals surface area contributed by atoms with Crippen LogP contribution in [0.5, 0.6) is 0 Å². The van der Waals surface area contributed by atoms with Crippen LogP contribution >= 0.6 is 0 Å². The van der Waals surface area contributed by atoms with E-state index in [0.717, 1.165) is 13.2 Å². The Bertz CT molecular complexity index is 478. The predicted octanol–water partition coefficient (Wildman–Crippen LogP) is 0.909. The zero-order chi connectivity index (χ0) is 13.7. The minimum Gasteiger partial charge on any atom is -0.465 e. The summed E-state index contributed by atoms with van der Waals surface area (Å²) >= 11 is 0. The Morgan fingerprint density at radius 2 is 1.94 bits per heavy atom. The summed E-state index contributed by atoms with van der Waals surface area (Å²) in [6.07, 6.45) is 0. The summed E-state index contributed by atoms with van der Waals surface area (Å²) in [5.74, 6) is -3.48. The molecule has 1 amide bonds. The Labute approximate surface area is 102 Å². The third-order valence-corrected chi connectivity index (χ3v) is 2.07. The molecule has 0 atom stereocenters. The maximum atomic E-state index is 13.4. The summed E-state index contributed by atoms with van der Waals surface area (Å²) in [7, 11) is 2.62. The fraction of sp³-hybridized carbons (Fsp3) is 0.273. The number of methoxy groups -OCH3 is 1. The second-order valence-corrected chi connectivity index (χ2v) is 3.38. The molecule has 5 nitrogen and oxygen atoms in total. The Kier molecular flexibility index (Phi) is 4.73. The van der Waals surface area contributed by atoms with Crippen molar-refractivity contribution in [2.45, 2.75) is 0 Å². The van der Waals surface area contributed by atoms with Gasteiger partial charge in [0, 0.05) is 6.07 Å². The van der Waals surface area contributed by atoms with Gasteiger partial charge >= 0.3 is 5.97 Å². The average Bonchev–Trinajstić information content (AvgIpc) is 2.32. The minimum atomic E-state index is -1.05. The lowest BCUT2D eigenvalue weighted by molar-refractivity contribution is -0.115. The number of esters is 1. The number of likely N-dealkylation sites (N-methyl/N-ethyl adjacent to an activating group) is 1. The number of ether oxygens (including phenoxy) is 1. The van der Waals surface area contributed by atoms with Gasteiger partial charge in [-0.05, 0) is 13.1 Å². The van der Waals surface area contributed by atoms with Crippen molar-refractivity contribution in [3.63, 3.8) is 0 Å². The molecule has 0 aromatic heterocycles. The van der Waals surface area contributed by atoms with Gasteiger partial charge < -0.3 is 15.4 Å². The van der Waals surface area contributed by atoms with Crippen molar-refractivity contribution in [1.82, 2.24) is 5.32 Å². The van der Waals surface area contributed by atoms with Crippen LogP contribution in [-0.4, -0.2) is 32.6 Å². The number of amides is 1. The van der Waals surface area contributed by atoms with Gasteiger partial charge in [0.15, 0.2) is 0 Å². The maximum absolute atomic E-state index is 13.4. The van der Waals surface area contributed by atoms with Crippen LogP contribution in [0.2, 0.25) is 0 Å². The molecular formula is C11H12F2N2O3. The highest BCUT2D eigenvalue weighted by atomic mass is 19.1. The second-order valence-electron chi connectivity index (χ2n) is 3.38. The van der Waals surface area contributed by atoms with Gasteiger partial charge in [0.25, 0.3) is 0 Å². The molecule has 0 aliphatic carbocycles. The quantitative estimate of drug-likeness (QED) is 0.788. The van der Waals surface area contributed by atoms with Gasteiger partial charge in [-0.1, -0.05) is 0 Å².